The van der Waals surface area contributed by atoms with E-state index in [-0.39, 0.29) is 83.8 Å². The van der Waals surface area contributed by atoms with Crippen LogP contribution in [0.3, 0.4) is 0 Å². The number of ether oxygens (including phenoxy) is 6. The Hall–Kier alpha value is -6.12. The Morgan fingerprint density at radius 2 is 0.313 bits per heavy atom. The van der Waals surface area contributed by atoms with Gasteiger partial charge in [-0.15, -0.1) is 0 Å². The van der Waals surface area contributed by atoms with Gasteiger partial charge in [0.2, 0.25) is 0 Å². The van der Waals surface area contributed by atoms with Crippen molar-refractivity contribution in [2.45, 2.75) is 585 Å². The quantitative estimate of drug-likeness (QED) is 0.0317. The van der Waals surface area contributed by atoms with Crippen molar-refractivity contribution in [3.8, 4) is 34.5 Å². The fraction of sp³-hybridized carbons (Fsp3) is 0.739. The van der Waals surface area contributed by atoms with Gasteiger partial charge in [0.25, 0.3) is 0 Å². The third-order valence-corrected chi connectivity index (χ3v) is 32.9. The molecule has 3 saturated heterocycles. The predicted molar refractivity (Wildman–Crippen MR) is 639 cm³/mol. The molecule has 150 heavy (non-hydrogen) atoms. The van der Waals surface area contributed by atoms with Crippen LogP contribution in [0.4, 0.5) is 0 Å². The number of phenolic OH excluding ortho intramolecular Hbond substituents is 6. The fourth-order valence-electron chi connectivity index (χ4n) is 23.1. The molecule has 6 aromatic rings. The minimum Gasteiger partial charge on any atom is -0.507 e. The summed E-state index contributed by atoms with van der Waals surface area (Å²) >= 11 is 0. The Kier molecular flexibility index (Phi) is 48.3. The molecule has 3 aliphatic heterocycles. The van der Waals surface area contributed by atoms with E-state index in [0.29, 0.717) is 70.0 Å². The molecule has 0 spiro atoms. The normalized spacial score (nSPS) is 22.2. The molecule has 0 aromatic heterocycles. The number of benzene rings is 6. The van der Waals surface area contributed by atoms with Gasteiger partial charge in [-0.2, -0.15) is 0 Å². The van der Waals surface area contributed by atoms with Gasteiger partial charge in [-0.25, -0.2) is 0 Å². The largest absolute Gasteiger partial charge is 0.507 e. The second-order valence-electron chi connectivity index (χ2n) is 59.4. The number of phenols is 6. The van der Waals surface area contributed by atoms with Crippen molar-refractivity contribution in [3.05, 3.63) is 173 Å². The molecule has 12 nitrogen and oxygen atoms in total. The maximum atomic E-state index is 10.9. The number of rotatable bonds is 24. The molecule has 12 heteroatoms. The average Bonchev–Trinajstić information content (AvgIpc) is 0.794. The van der Waals surface area contributed by atoms with Crippen LogP contribution in [0, 0.1) is 35.5 Å². The molecule has 6 aliphatic rings. The predicted octanol–water partition coefficient (Wildman–Crippen LogP) is 39.9. The van der Waals surface area contributed by atoms with Crippen LogP contribution in [0.15, 0.2) is 72.8 Å². The van der Waals surface area contributed by atoms with Gasteiger partial charge in [-0.05, 0) is 317 Å². The van der Waals surface area contributed by atoms with Crippen molar-refractivity contribution in [2.75, 3.05) is 39.6 Å². The van der Waals surface area contributed by atoms with Crippen molar-refractivity contribution in [1.29, 1.82) is 0 Å². The van der Waals surface area contributed by atoms with E-state index in [1.807, 2.05) is 0 Å². The molecule has 0 bridgehead atoms. The Morgan fingerprint density at radius 1 is 0.173 bits per heavy atom. The van der Waals surface area contributed by atoms with Gasteiger partial charge in [-0.3, -0.25) is 0 Å². The van der Waals surface area contributed by atoms with Crippen molar-refractivity contribution in [3.63, 3.8) is 0 Å². The second kappa shape index (κ2) is 55.4. The van der Waals surface area contributed by atoms with E-state index < -0.39 is 0 Å². The second-order valence-corrected chi connectivity index (χ2v) is 59.4. The molecule has 852 valence electrons. The van der Waals surface area contributed by atoms with Crippen LogP contribution in [0.5, 0.6) is 34.5 Å². The highest BCUT2D eigenvalue weighted by Gasteiger charge is 2.40. The van der Waals surface area contributed by atoms with Gasteiger partial charge in [0, 0.05) is 34.4 Å². The van der Waals surface area contributed by atoms with E-state index >= 15 is 0 Å². The highest BCUT2D eigenvalue weighted by atomic mass is 16.7. The first-order valence-electron chi connectivity index (χ1n) is 60.2. The van der Waals surface area contributed by atoms with E-state index in [4.69, 9.17) is 28.4 Å². The lowest BCUT2D eigenvalue weighted by Gasteiger charge is -2.33. The molecular weight excluding hydrogens is 1850 g/mol. The Balaban J connectivity index is 0.000000243. The summed E-state index contributed by atoms with van der Waals surface area (Å²) in [6.07, 6.45) is 38.4. The Bertz CT molecular complexity index is 4510. The van der Waals surface area contributed by atoms with Crippen LogP contribution in [0.1, 0.15) is 620 Å². The summed E-state index contributed by atoms with van der Waals surface area (Å²) in [4.78, 5) is 0. The lowest BCUT2D eigenvalue weighted by Crippen LogP contribution is -2.28. The summed E-state index contributed by atoms with van der Waals surface area (Å²) in [5, 5.41) is 65.3. The molecule has 3 heterocycles. The van der Waals surface area contributed by atoms with Crippen molar-refractivity contribution in [1.82, 2.24) is 0 Å². The van der Waals surface area contributed by atoms with Gasteiger partial charge < -0.3 is 59.1 Å². The van der Waals surface area contributed by atoms with Gasteiger partial charge in [0.05, 0.1) is 39.6 Å². The minimum absolute atomic E-state index is 0.0283. The smallest absolute Gasteiger partial charge is 0.183 e. The van der Waals surface area contributed by atoms with Crippen molar-refractivity contribution < 1.29 is 59.1 Å². The maximum absolute atomic E-state index is 10.9. The first-order chi connectivity index (χ1) is 69.2. The molecule has 6 N–H and O–H groups in total. The number of aromatic hydroxyl groups is 6. The van der Waals surface area contributed by atoms with Gasteiger partial charge in [0.1, 0.15) is 34.5 Å². The van der Waals surface area contributed by atoms with Crippen LogP contribution >= 0.6 is 0 Å². The molecule has 3 saturated carbocycles. The lowest BCUT2D eigenvalue weighted by atomic mass is 9.73. The Morgan fingerprint density at radius 3 is 0.480 bits per heavy atom. The van der Waals surface area contributed by atoms with Crippen LogP contribution < -0.4 is 0 Å². The number of hydrogen-bond donors (Lipinski definition) is 6. The zero-order valence-electron chi connectivity index (χ0n) is 104. The third kappa shape index (κ3) is 38.7. The summed E-state index contributed by atoms with van der Waals surface area (Å²) in [6.45, 7) is 96.1. The number of hydrogen-bond acceptors (Lipinski definition) is 12. The minimum atomic E-state index is -0.333. The Labute approximate surface area is 920 Å². The summed E-state index contributed by atoms with van der Waals surface area (Å²) in [5.74, 6) is 9.07. The highest BCUT2D eigenvalue weighted by molar-refractivity contribution is 5.56. The lowest BCUT2D eigenvalue weighted by molar-refractivity contribution is -0.206. The van der Waals surface area contributed by atoms with Crippen molar-refractivity contribution in [2.24, 2.45) is 35.5 Å². The molecular formula is C138H228O12. The SMILES string of the molecule is CCCC1CCC(c2cc(C(C)(C)C)c(O)c(C(C)(C)C)c2)CC1.CCCC1COC(c2cc(C(C)(C)C)c(O)c(C(C)(C)C)c2)OC1.CCCCC1CCC(c2cc(C(C)(C)C)c(O)c(C(C)(C)C)c2)CC1.CCCCC1COC(c2cc(C(C)(C)C)c(O)c(C(C)(C)C)c2)OC1.CCCCCC1CCC(c2cc(C(C)(C)C)c(O)c(C(C)(C)C)c2)CC1.CCCCCC1COC(c2cc(C(C)(C)C)c(O)c(C(C)(C)C)c2)OC1. The topological polar surface area (TPSA) is 177 Å². The maximum Gasteiger partial charge on any atom is 0.183 e. The fourth-order valence-corrected chi connectivity index (χ4v) is 23.1. The summed E-state index contributed by atoms with van der Waals surface area (Å²) in [7, 11) is 0. The summed E-state index contributed by atoms with van der Waals surface area (Å²) in [5.41, 5.74) is 18.8. The summed E-state index contributed by atoms with van der Waals surface area (Å²) < 4.78 is 36.2. The molecule has 0 amide bonds. The zero-order chi connectivity index (χ0) is 113. The van der Waals surface area contributed by atoms with Gasteiger partial charge in [0.15, 0.2) is 18.9 Å². The van der Waals surface area contributed by atoms with E-state index in [1.165, 1.54) is 196 Å². The number of unbranched alkanes of at least 4 members (excludes halogenated alkanes) is 6. The third-order valence-electron chi connectivity index (χ3n) is 32.9. The van der Waals surface area contributed by atoms with Crippen molar-refractivity contribution >= 4 is 0 Å². The van der Waals surface area contributed by atoms with Gasteiger partial charge >= 0.3 is 0 Å². The van der Waals surface area contributed by atoms with E-state index in [0.717, 1.165) is 154 Å². The highest BCUT2D eigenvalue weighted by Crippen LogP contribution is 2.53. The molecule has 6 aromatic carbocycles. The monoisotopic (exact) mass is 2080 g/mol. The van der Waals surface area contributed by atoms with Crippen LogP contribution in [-0.4, -0.2) is 70.3 Å². The van der Waals surface area contributed by atoms with Crippen LogP contribution in [-0.2, 0) is 93.4 Å². The van der Waals surface area contributed by atoms with E-state index in [1.54, 1.807) is 0 Å². The zero-order valence-corrected chi connectivity index (χ0v) is 104. The first-order valence-corrected chi connectivity index (χ1v) is 60.2. The van der Waals surface area contributed by atoms with E-state index in [9.17, 15) is 30.6 Å². The summed E-state index contributed by atoms with van der Waals surface area (Å²) in [6, 6.07) is 26.2. The van der Waals surface area contributed by atoms with Gasteiger partial charge in [-0.1, -0.05) is 424 Å². The molecule has 0 unspecified atom stereocenters. The molecule has 0 radical (unpaired) electrons. The first kappa shape index (κ1) is 131. The van der Waals surface area contributed by atoms with E-state index in [2.05, 4.69) is 364 Å². The molecule has 3 aliphatic carbocycles. The van der Waals surface area contributed by atoms with Crippen LogP contribution in [0.25, 0.3) is 0 Å². The average molecular weight is 2080 g/mol. The molecule has 12 rings (SSSR count). The molecule has 0 atom stereocenters. The van der Waals surface area contributed by atoms with Crippen LogP contribution in [0.2, 0.25) is 0 Å². The molecule has 6 fully saturated rings. The standard InChI is InChI=1S/C25H42O.C24H40O.C23H38O3.C23H38O.C22H36O3.C21H34O3/c1-8-9-10-11-18-12-14-19(15-13-18)20-16-21(24(2,3)4)23(26)22(17-20)25(5,6)7;1-8-9-10-17-11-13-18(14-12-17)19-15-20(23(2,3)4)22(25)21(16-19)24(5,6)7;1-8-9-10-11-16-14-25-21(26-15-16)17-12-18(22(2,3)4)20(24)19(13-17)23(5,6)7;1-8-9-16-10-12-17(13-11-16)18-14-19(22(2,3)4)21(24)20(15-18)23(5,6)7;1-8-9-10-15-13-24-20(25-14-15)16-11-17(21(2,3)4)19(23)18(12-16)22(5,6)7;1-8-9-14-12-23-19(24-13-14)15-10-16(20(2,3)4)18(22)17(11-15)21(5,6)7/h16-19,26H,8-15H2,1-7H3;15-18,25H,8-14H2,1-7H3;12-13,16,21,24H,8-11,14-15H2,1-7H3;14-17,24H,8-13H2,1-7H3;11-12,15,20,23H,8-10,13-14H2,1-7H3;10-11,14,19,22H,8-9,12-13H2,1-7H3.